The van der Waals surface area contributed by atoms with Crippen LogP contribution in [0.4, 0.5) is 0 Å². The molecule has 0 saturated carbocycles. The summed E-state index contributed by atoms with van der Waals surface area (Å²) >= 11 is 3.38. The number of carbonyl (C=O) groups excluding carboxylic acids is 2. The molecule has 0 aliphatic heterocycles. The topological polar surface area (TPSA) is 89.8 Å². The largest absolute Gasteiger partial charge is 0.493 e. The van der Waals surface area contributed by atoms with Gasteiger partial charge in [-0.15, -0.1) is 0 Å². The Kier molecular flexibility index (Phi) is 7.50. The molecule has 0 spiro atoms. The predicted octanol–water partition coefficient (Wildman–Crippen LogP) is 4.15. The summed E-state index contributed by atoms with van der Waals surface area (Å²) in [5, 5.41) is 5.43. The minimum atomic E-state index is -0.461. The summed E-state index contributed by atoms with van der Waals surface area (Å²) in [7, 11) is 3.00. The Balaban J connectivity index is 1.83. The number of benzene rings is 2. The molecule has 1 aromatic heterocycles. The molecule has 3 aromatic rings. The van der Waals surface area contributed by atoms with Gasteiger partial charge in [0, 0.05) is 10.0 Å². The molecule has 0 radical (unpaired) electrons. The van der Waals surface area contributed by atoms with Gasteiger partial charge in [-0.2, -0.15) is 0 Å². The zero-order valence-corrected chi connectivity index (χ0v) is 18.6. The van der Waals surface area contributed by atoms with Gasteiger partial charge in [-0.3, -0.25) is 9.59 Å². The van der Waals surface area contributed by atoms with Crippen molar-refractivity contribution in [2.24, 2.45) is 0 Å². The highest BCUT2D eigenvalue weighted by molar-refractivity contribution is 9.10. The molecule has 1 heterocycles. The molecule has 31 heavy (non-hydrogen) atoms. The van der Waals surface area contributed by atoms with Gasteiger partial charge in [0.1, 0.15) is 11.5 Å². The second-order valence-electron chi connectivity index (χ2n) is 6.40. The van der Waals surface area contributed by atoms with Gasteiger partial charge in [0.25, 0.3) is 11.8 Å². The molecule has 2 aromatic carbocycles. The molecule has 160 valence electrons. The molecule has 2 amide bonds. The third-order valence-corrected chi connectivity index (χ3v) is 4.85. The Morgan fingerprint density at radius 2 is 1.77 bits per heavy atom. The van der Waals surface area contributed by atoms with Gasteiger partial charge < -0.3 is 24.5 Å². The minimum Gasteiger partial charge on any atom is -0.493 e. The van der Waals surface area contributed by atoms with E-state index in [1.807, 2.05) is 24.3 Å². The van der Waals surface area contributed by atoms with Crippen molar-refractivity contribution in [1.29, 1.82) is 0 Å². The maximum Gasteiger partial charge on any atom is 0.268 e. The lowest BCUT2D eigenvalue weighted by Gasteiger charge is -2.12. The summed E-state index contributed by atoms with van der Waals surface area (Å²) in [6.45, 7) is 0.190. The number of rotatable bonds is 8. The fraction of sp³-hybridized carbons (Fsp3) is 0.130. The van der Waals surface area contributed by atoms with Crippen LogP contribution >= 0.6 is 15.9 Å². The Labute approximate surface area is 188 Å². The van der Waals surface area contributed by atoms with Crippen LogP contribution in [0.1, 0.15) is 21.7 Å². The van der Waals surface area contributed by atoms with Crippen LogP contribution in [0.15, 0.2) is 75.4 Å². The van der Waals surface area contributed by atoms with Gasteiger partial charge in [-0.25, -0.2) is 0 Å². The molecule has 0 fully saturated rings. The van der Waals surface area contributed by atoms with Crippen molar-refractivity contribution in [2.75, 3.05) is 14.2 Å². The van der Waals surface area contributed by atoms with Crippen molar-refractivity contribution in [1.82, 2.24) is 10.6 Å². The third-order valence-electron chi connectivity index (χ3n) is 4.32. The SMILES string of the molecule is COc1ccc(C(=O)N/C(=C/c2ccc(Br)cc2)C(=O)NCc2ccco2)cc1OC. The van der Waals surface area contributed by atoms with Crippen LogP contribution in [0.25, 0.3) is 6.08 Å². The molecule has 0 saturated heterocycles. The van der Waals surface area contributed by atoms with E-state index in [4.69, 9.17) is 13.9 Å². The van der Waals surface area contributed by atoms with Crippen LogP contribution in [0.2, 0.25) is 0 Å². The number of carbonyl (C=O) groups is 2. The standard InChI is InChI=1S/C23H21BrN2O5/c1-29-20-10-7-16(13-21(20)30-2)22(27)26-19(12-15-5-8-17(24)9-6-15)23(28)25-14-18-4-3-11-31-18/h3-13H,14H2,1-2H3,(H,25,28)(H,26,27)/b19-12+. The van der Waals surface area contributed by atoms with Crippen molar-refractivity contribution < 1.29 is 23.5 Å². The molecule has 7 nitrogen and oxygen atoms in total. The number of ether oxygens (including phenoxy) is 2. The number of halogens is 1. The van der Waals surface area contributed by atoms with E-state index < -0.39 is 11.8 Å². The van der Waals surface area contributed by atoms with E-state index in [-0.39, 0.29) is 12.2 Å². The van der Waals surface area contributed by atoms with Crippen LogP contribution in [-0.2, 0) is 11.3 Å². The lowest BCUT2D eigenvalue weighted by Crippen LogP contribution is -2.34. The van der Waals surface area contributed by atoms with Crippen molar-refractivity contribution in [3.8, 4) is 11.5 Å². The molecule has 0 unspecified atom stereocenters. The van der Waals surface area contributed by atoms with Crippen LogP contribution in [0.3, 0.4) is 0 Å². The maximum atomic E-state index is 12.9. The zero-order valence-electron chi connectivity index (χ0n) is 17.0. The lowest BCUT2D eigenvalue weighted by molar-refractivity contribution is -0.118. The van der Waals surface area contributed by atoms with E-state index in [2.05, 4.69) is 26.6 Å². The first-order valence-electron chi connectivity index (χ1n) is 9.31. The second-order valence-corrected chi connectivity index (χ2v) is 7.31. The normalized spacial score (nSPS) is 11.0. The number of hydrogen-bond acceptors (Lipinski definition) is 5. The summed E-state index contributed by atoms with van der Waals surface area (Å²) < 4.78 is 16.6. The van der Waals surface area contributed by atoms with Crippen molar-refractivity contribution in [3.05, 3.63) is 87.9 Å². The van der Waals surface area contributed by atoms with Gasteiger partial charge in [0.15, 0.2) is 11.5 Å². The molecular weight excluding hydrogens is 464 g/mol. The van der Waals surface area contributed by atoms with Gasteiger partial charge in [0.05, 0.1) is 27.0 Å². The van der Waals surface area contributed by atoms with E-state index in [0.29, 0.717) is 22.8 Å². The summed E-state index contributed by atoms with van der Waals surface area (Å²) in [4.78, 5) is 25.7. The second kappa shape index (κ2) is 10.5. The van der Waals surface area contributed by atoms with Crippen molar-refractivity contribution in [2.45, 2.75) is 6.54 Å². The third kappa shape index (κ3) is 5.99. The fourth-order valence-electron chi connectivity index (χ4n) is 2.73. The first kappa shape index (κ1) is 22.2. The van der Waals surface area contributed by atoms with Crippen molar-refractivity contribution >= 4 is 33.8 Å². The fourth-order valence-corrected chi connectivity index (χ4v) is 3.00. The Morgan fingerprint density at radius 3 is 2.42 bits per heavy atom. The lowest BCUT2D eigenvalue weighted by atomic mass is 10.1. The van der Waals surface area contributed by atoms with Gasteiger partial charge in [0.2, 0.25) is 0 Å². The van der Waals surface area contributed by atoms with Crippen LogP contribution in [0.5, 0.6) is 11.5 Å². The summed E-state index contributed by atoms with van der Waals surface area (Å²) in [5.74, 6) is 0.602. The molecule has 0 bridgehead atoms. The highest BCUT2D eigenvalue weighted by Gasteiger charge is 2.17. The Morgan fingerprint density at radius 1 is 1.03 bits per heavy atom. The van der Waals surface area contributed by atoms with Crippen molar-refractivity contribution in [3.63, 3.8) is 0 Å². The van der Waals surface area contributed by atoms with E-state index in [1.165, 1.54) is 20.5 Å². The first-order valence-corrected chi connectivity index (χ1v) is 10.1. The monoisotopic (exact) mass is 484 g/mol. The van der Waals surface area contributed by atoms with Gasteiger partial charge in [-0.1, -0.05) is 28.1 Å². The average molecular weight is 485 g/mol. The van der Waals surface area contributed by atoms with Crippen LogP contribution in [-0.4, -0.2) is 26.0 Å². The summed E-state index contributed by atoms with van der Waals surface area (Å²) in [6, 6.07) is 15.6. The number of hydrogen-bond donors (Lipinski definition) is 2. The minimum absolute atomic E-state index is 0.0914. The smallest absolute Gasteiger partial charge is 0.268 e. The molecule has 0 aliphatic carbocycles. The first-order chi connectivity index (χ1) is 15.0. The van der Waals surface area contributed by atoms with Gasteiger partial charge in [-0.05, 0) is 54.1 Å². The molecule has 3 rings (SSSR count). The molecular formula is C23H21BrN2O5. The van der Waals surface area contributed by atoms with E-state index in [0.717, 1.165) is 10.0 Å². The van der Waals surface area contributed by atoms with E-state index >= 15 is 0 Å². The molecule has 0 atom stereocenters. The number of nitrogens with one attached hydrogen (secondary N) is 2. The quantitative estimate of drug-likeness (QED) is 0.468. The van der Waals surface area contributed by atoms with E-state index in [1.54, 1.807) is 36.4 Å². The maximum absolute atomic E-state index is 12.9. The average Bonchev–Trinajstić information content (AvgIpc) is 3.31. The predicted molar refractivity (Wildman–Crippen MR) is 120 cm³/mol. The summed E-state index contributed by atoms with van der Waals surface area (Å²) in [6.07, 6.45) is 3.13. The number of methoxy groups -OCH3 is 2. The molecule has 0 aliphatic rings. The Hall–Kier alpha value is -3.52. The Bertz CT molecular complexity index is 1080. The number of amides is 2. The number of furan rings is 1. The highest BCUT2D eigenvalue weighted by atomic mass is 79.9. The molecule has 8 heteroatoms. The molecule has 2 N–H and O–H groups in total. The zero-order chi connectivity index (χ0) is 22.2. The van der Waals surface area contributed by atoms with Crippen LogP contribution in [0, 0.1) is 0 Å². The van der Waals surface area contributed by atoms with Gasteiger partial charge >= 0.3 is 0 Å². The van der Waals surface area contributed by atoms with Crippen LogP contribution < -0.4 is 20.1 Å². The highest BCUT2D eigenvalue weighted by Crippen LogP contribution is 2.27. The van der Waals surface area contributed by atoms with E-state index in [9.17, 15) is 9.59 Å². The summed E-state index contributed by atoms with van der Waals surface area (Å²) in [5.41, 5.74) is 1.16.